The molecule has 1 heterocycles. The van der Waals surface area contributed by atoms with Gasteiger partial charge in [-0.2, -0.15) is 0 Å². The van der Waals surface area contributed by atoms with Crippen molar-refractivity contribution in [2.75, 3.05) is 31.6 Å². The summed E-state index contributed by atoms with van der Waals surface area (Å²) in [7, 11) is 1.89. The van der Waals surface area contributed by atoms with E-state index in [1.54, 1.807) is 0 Å². The molecule has 1 saturated heterocycles. The number of anilines is 1. The number of piperidine rings is 1. The summed E-state index contributed by atoms with van der Waals surface area (Å²) < 4.78 is 1.15. The highest BCUT2D eigenvalue weighted by molar-refractivity contribution is 9.10. The van der Waals surface area contributed by atoms with Crippen LogP contribution < -0.4 is 10.2 Å². The van der Waals surface area contributed by atoms with Crippen LogP contribution in [0, 0.1) is 6.92 Å². The topological polar surface area (TPSA) is 35.5 Å². The number of nitrogens with one attached hydrogen (secondary N) is 1. The Hall–Kier alpha value is -0.580. The van der Waals surface area contributed by atoms with Crippen molar-refractivity contribution in [3.63, 3.8) is 0 Å². The number of likely N-dealkylation sites (N-methyl/N-ethyl adjacent to an activating group) is 1. The molecule has 0 atom stereocenters. The van der Waals surface area contributed by atoms with Gasteiger partial charge in [0.1, 0.15) is 0 Å². The summed E-state index contributed by atoms with van der Waals surface area (Å²) in [6.07, 6.45) is 1.64. The molecule has 1 fully saturated rings. The van der Waals surface area contributed by atoms with Crippen LogP contribution in [0.1, 0.15) is 18.4 Å². The van der Waals surface area contributed by atoms with Crippen molar-refractivity contribution >= 4 is 21.6 Å². The molecule has 2 N–H and O–H groups in total. The fourth-order valence-electron chi connectivity index (χ4n) is 2.51. The Morgan fingerprint density at radius 2 is 2.06 bits per heavy atom. The number of nitrogens with zero attached hydrogens (tertiary/aromatic N) is 1. The van der Waals surface area contributed by atoms with Gasteiger partial charge in [-0.1, -0.05) is 15.9 Å². The largest absolute Gasteiger partial charge is 0.388 e. The average Bonchev–Trinajstić information content (AvgIpc) is 2.34. The maximum atomic E-state index is 10.3. The van der Waals surface area contributed by atoms with Crippen molar-refractivity contribution in [2.24, 2.45) is 0 Å². The molecule has 0 radical (unpaired) electrons. The summed E-state index contributed by atoms with van der Waals surface area (Å²) >= 11 is 3.53. The van der Waals surface area contributed by atoms with Gasteiger partial charge < -0.3 is 15.3 Å². The molecule has 0 saturated carbocycles. The maximum Gasteiger partial charge on any atom is 0.0805 e. The van der Waals surface area contributed by atoms with Gasteiger partial charge in [-0.15, -0.1) is 0 Å². The van der Waals surface area contributed by atoms with Gasteiger partial charge in [-0.25, -0.2) is 0 Å². The molecular formula is C14H21BrN2O. The van der Waals surface area contributed by atoms with Crippen molar-refractivity contribution in [3.8, 4) is 0 Å². The first-order valence-electron chi connectivity index (χ1n) is 6.42. The second-order valence-corrected chi connectivity index (χ2v) is 6.03. The average molecular weight is 313 g/mol. The first-order valence-corrected chi connectivity index (χ1v) is 7.21. The van der Waals surface area contributed by atoms with E-state index in [4.69, 9.17) is 0 Å². The van der Waals surface area contributed by atoms with Crippen LogP contribution in [0.25, 0.3) is 0 Å². The van der Waals surface area contributed by atoms with Crippen LogP contribution in [-0.4, -0.2) is 37.4 Å². The number of aliphatic hydroxyl groups is 1. The third kappa shape index (κ3) is 3.05. The molecule has 0 unspecified atom stereocenters. The summed E-state index contributed by atoms with van der Waals surface area (Å²) in [6, 6.07) is 6.44. The van der Waals surface area contributed by atoms with Crippen LogP contribution >= 0.6 is 15.9 Å². The van der Waals surface area contributed by atoms with E-state index in [1.165, 1.54) is 11.3 Å². The third-order valence-corrected chi connectivity index (χ3v) is 4.60. The van der Waals surface area contributed by atoms with Gasteiger partial charge in [0.15, 0.2) is 0 Å². The lowest BCUT2D eigenvalue weighted by Crippen LogP contribution is -2.49. The zero-order chi connectivity index (χ0) is 13.2. The molecule has 2 rings (SSSR count). The summed E-state index contributed by atoms with van der Waals surface area (Å²) in [4.78, 5) is 2.35. The number of benzene rings is 1. The van der Waals surface area contributed by atoms with Crippen molar-refractivity contribution in [1.29, 1.82) is 0 Å². The number of halogens is 1. The quantitative estimate of drug-likeness (QED) is 0.899. The molecule has 0 bridgehead atoms. The van der Waals surface area contributed by atoms with E-state index < -0.39 is 5.60 Å². The summed E-state index contributed by atoms with van der Waals surface area (Å²) in [5.74, 6) is 0. The van der Waals surface area contributed by atoms with Crippen molar-refractivity contribution in [1.82, 2.24) is 5.32 Å². The highest BCUT2D eigenvalue weighted by atomic mass is 79.9. The second-order valence-electron chi connectivity index (χ2n) is 5.18. The van der Waals surface area contributed by atoms with E-state index in [-0.39, 0.29) is 0 Å². The van der Waals surface area contributed by atoms with Gasteiger partial charge in [-0.05, 0) is 50.6 Å². The second kappa shape index (κ2) is 5.59. The van der Waals surface area contributed by atoms with E-state index in [0.29, 0.717) is 6.54 Å². The van der Waals surface area contributed by atoms with E-state index in [2.05, 4.69) is 51.3 Å². The molecule has 3 nitrogen and oxygen atoms in total. The fraction of sp³-hybridized carbons (Fsp3) is 0.571. The molecule has 0 aliphatic carbocycles. The number of rotatable bonds is 3. The molecular weight excluding hydrogens is 292 g/mol. The molecule has 0 aromatic heterocycles. The van der Waals surface area contributed by atoms with Gasteiger partial charge in [0, 0.05) is 29.8 Å². The lowest BCUT2D eigenvalue weighted by molar-refractivity contribution is 0.0185. The minimum atomic E-state index is -0.532. The molecule has 1 aliphatic heterocycles. The summed E-state index contributed by atoms with van der Waals surface area (Å²) in [5, 5.41) is 13.4. The van der Waals surface area contributed by atoms with E-state index in [9.17, 15) is 5.11 Å². The lowest BCUT2D eigenvalue weighted by Gasteiger charge is -2.39. The molecule has 0 spiro atoms. The summed E-state index contributed by atoms with van der Waals surface area (Å²) in [5.41, 5.74) is 1.97. The van der Waals surface area contributed by atoms with Crippen molar-refractivity contribution < 1.29 is 5.11 Å². The van der Waals surface area contributed by atoms with Crippen molar-refractivity contribution in [2.45, 2.75) is 25.4 Å². The first kappa shape index (κ1) is 13.8. The van der Waals surface area contributed by atoms with Crippen LogP contribution in [-0.2, 0) is 0 Å². The molecule has 1 aliphatic rings. The third-order valence-electron chi connectivity index (χ3n) is 3.71. The molecule has 18 heavy (non-hydrogen) atoms. The zero-order valence-electron chi connectivity index (χ0n) is 11.0. The standard InChI is InChI=1S/C14H21BrN2O/c1-11-9-12(3-4-13(11)15)17-7-5-14(18,6-8-17)10-16-2/h3-4,9,16,18H,5-8,10H2,1-2H3. The Morgan fingerprint density at radius 1 is 1.39 bits per heavy atom. The Labute approximate surface area is 117 Å². The lowest BCUT2D eigenvalue weighted by atomic mass is 9.91. The Morgan fingerprint density at radius 3 is 2.61 bits per heavy atom. The summed E-state index contributed by atoms with van der Waals surface area (Å²) in [6.45, 7) is 4.62. The minimum Gasteiger partial charge on any atom is -0.388 e. The fourth-order valence-corrected chi connectivity index (χ4v) is 2.76. The molecule has 0 amide bonds. The van der Waals surface area contributed by atoms with Gasteiger partial charge in [0.2, 0.25) is 0 Å². The van der Waals surface area contributed by atoms with E-state index in [1.807, 2.05) is 7.05 Å². The number of aryl methyl sites for hydroxylation is 1. The van der Waals surface area contributed by atoms with Gasteiger partial charge >= 0.3 is 0 Å². The van der Waals surface area contributed by atoms with Crippen LogP contribution in [0.15, 0.2) is 22.7 Å². The Balaban J connectivity index is 2.03. The van der Waals surface area contributed by atoms with Crippen molar-refractivity contribution in [3.05, 3.63) is 28.2 Å². The zero-order valence-corrected chi connectivity index (χ0v) is 12.6. The van der Waals surface area contributed by atoms with Gasteiger partial charge in [0.05, 0.1) is 5.60 Å². The van der Waals surface area contributed by atoms with E-state index >= 15 is 0 Å². The minimum absolute atomic E-state index is 0.532. The Bertz CT molecular complexity index is 414. The Kier molecular flexibility index (Phi) is 4.30. The number of hydrogen-bond acceptors (Lipinski definition) is 3. The van der Waals surface area contributed by atoms with Crippen LogP contribution in [0.5, 0.6) is 0 Å². The SMILES string of the molecule is CNCC1(O)CCN(c2ccc(Br)c(C)c2)CC1. The highest BCUT2D eigenvalue weighted by Crippen LogP contribution is 2.28. The molecule has 4 heteroatoms. The smallest absolute Gasteiger partial charge is 0.0805 e. The van der Waals surface area contributed by atoms with Crippen LogP contribution in [0.3, 0.4) is 0 Å². The highest BCUT2D eigenvalue weighted by Gasteiger charge is 2.31. The first-order chi connectivity index (χ1) is 8.54. The van der Waals surface area contributed by atoms with Crippen LogP contribution in [0.4, 0.5) is 5.69 Å². The molecule has 1 aromatic carbocycles. The van der Waals surface area contributed by atoms with Gasteiger partial charge in [-0.3, -0.25) is 0 Å². The van der Waals surface area contributed by atoms with Crippen LogP contribution in [0.2, 0.25) is 0 Å². The number of hydrogen-bond donors (Lipinski definition) is 2. The monoisotopic (exact) mass is 312 g/mol. The normalized spacial score (nSPS) is 19.0. The molecule has 100 valence electrons. The molecule has 1 aromatic rings. The predicted octanol–water partition coefficient (Wildman–Crippen LogP) is 2.31. The predicted molar refractivity (Wildman–Crippen MR) is 79.2 cm³/mol. The van der Waals surface area contributed by atoms with Gasteiger partial charge in [0.25, 0.3) is 0 Å². The van der Waals surface area contributed by atoms with E-state index in [0.717, 1.165) is 30.4 Å². The maximum absolute atomic E-state index is 10.3.